The number of Topliss-reactive ketones (excluding diaryl/α,β-unsaturated/α-hetero) is 3. The zero-order valence-electron chi connectivity index (χ0n) is 58.6. The van der Waals surface area contributed by atoms with Crippen molar-refractivity contribution in [3.8, 4) is 0 Å². The molecule has 102 heavy (non-hydrogen) atoms. The number of unbranched alkanes of at least 4 members (excludes halogenated alkanes) is 2. The molecule has 4 heterocycles. The maximum atomic E-state index is 15.0. The van der Waals surface area contributed by atoms with Crippen LogP contribution in [-0.2, 0) is 98.3 Å². The van der Waals surface area contributed by atoms with E-state index in [1.54, 1.807) is 51.9 Å². The average Bonchev–Trinajstić information content (AvgIpc) is 1.63. The molecule has 10 N–H and O–H groups in total. The third kappa shape index (κ3) is 30.0. The molecule has 0 aromatic heterocycles. The number of fused-ring (bicyclic) bond motifs is 4. The minimum absolute atomic E-state index is 0. The Kier molecular flexibility index (Phi) is 38.1. The topological polar surface area (TPSA) is 388 Å². The second kappa shape index (κ2) is 45.1. The van der Waals surface area contributed by atoms with Gasteiger partial charge in [-0.1, -0.05) is 74.9 Å². The van der Waals surface area contributed by atoms with Gasteiger partial charge in [0.2, 0.25) is 35.4 Å². The van der Waals surface area contributed by atoms with Crippen LogP contribution in [0.3, 0.4) is 0 Å². The molecule has 27 nitrogen and oxygen atoms in total. The van der Waals surface area contributed by atoms with Crippen molar-refractivity contribution in [3.63, 3.8) is 0 Å². The fourth-order valence-corrected chi connectivity index (χ4v) is 16.1. The van der Waals surface area contributed by atoms with Gasteiger partial charge in [0.15, 0.2) is 5.78 Å². The molecule has 2 aromatic carbocycles. The zero-order chi connectivity index (χ0) is 73.5. The molecule has 2 bridgehead atoms. The van der Waals surface area contributed by atoms with E-state index in [9.17, 15) is 83.1 Å². The summed E-state index contributed by atoms with van der Waals surface area (Å²) in [6.45, 7) is 9.98. The number of ketones is 3. The van der Waals surface area contributed by atoms with Crippen LogP contribution in [0.1, 0.15) is 126 Å². The van der Waals surface area contributed by atoms with E-state index >= 15 is 0 Å². The van der Waals surface area contributed by atoms with Gasteiger partial charge in [-0.05, 0) is 86.3 Å². The molecule has 4 aliphatic rings. The number of carbonyl (C=O) groups is 12. The number of primary amides is 1. The normalized spacial score (nSPS) is 23.3. The average molecular weight is 1530 g/mol. The maximum Gasteiger partial charge on any atom is 0.317 e. The number of aliphatic hydroxyl groups is 2. The van der Waals surface area contributed by atoms with Gasteiger partial charge in [0, 0.05) is 143 Å². The van der Waals surface area contributed by atoms with Crippen molar-refractivity contribution in [2.45, 2.75) is 164 Å². The van der Waals surface area contributed by atoms with E-state index in [-0.39, 0.29) is 130 Å². The summed E-state index contributed by atoms with van der Waals surface area (Å²) in [5.41, 5.74) is 8.81. The van der Waals surface area contributed by atoms with Gasteiger partial charge in [-0.3, -0.25) is 77.1 Å². The number of hydrogen-bond donors (Lipinski definition) is 9. The fourth-order valence-electron chi connectivity index (χ4n) is 13.1. The summed E-state index contributed by atoms with van der Waals surface area (Å²) in [5.74, 6) is -8.40. The minimum Gasteiger partial charge on any atom is -0.512 e. The third-order valence-electron chi connectivity index (χ3n) is 18.5. The van der Waals surface area contributed by atoms with Crippen LogP contribution in [0.25, 0.3) is 0 Å². The molecular weight excluding hydrogens is 1420 g/mol. The number of carbonyl (C=O) groups excluding carboxylic acids is 9. The van der Waals surface area contributed by atoms with Crippen molar-refractivity contribution < 1.29 is 100 Å². The van der Waals surface area contributed by atoms with Gasteiger partial charge in [0.25, 0.3) is 0 Å². The summed E-state index contributed by atoms with van der Waals surface area (Å²) >= 11 is 4.38. The Hall–Kier alpha value is -6.41. The number of aliphatic hydroxyl groups excluding tert-OH is 2. The Morgan fingerprint density at radius 3 is 1.74 bits per heavy atom. The van der Waals surface area contributed by atoms with E-state index < -0.39 is 114 Å². The summed E-state index contributed by atoms with van der Waals surface area (Å²) in [7, 11) is 0. The molecule has 8 atom stereocenters. The predicted octanol–water partition coefficient (Wildman–Crippen LogP) is 3.35. The number of thioether (sulfide) groups is 3. The summed E-state index contributed by atoms with van der Waals surface area (Å²) in [6.07, 6.45) is 1.91. The van der Waals surface area contributed by atoms with Crippen LogP contribution < -0.4 is 21.7 Å². The van der Waals surface area contributed by atoms with Crippen LogP contribution in [-0.4, -0.2) is 271 Å². The van der Waals surface area contributed by atoms with Crippen LogP contribution in [0, 0.1) is 11.8 Å². The Balaban J connectivity index is 0.0000187. The van der Waals surface area contributed by atoms with Gasteiger partial charge >= 0.3 is 17.9 Å². The molecule has 6 amide bonds. The summed E-state index contributed by atoms with van der Waals surface area (Å²) < 4.78 is 0. The summed E-state index contributed by atoms with van der Waals surface area (Å²) in [6, 6.07) is 8.12. The number of rotatable bonds is 27. The molecule has 0 unspecified atom stereocenters. The van der Waals surface area contributed by atoms with Crippen LogP contribution in [0.5, 0.6) is 0 Å². The number of benzene rings is 2. The number of amides is 6. The number of nitrogens with one attached hydrogen (secondary N) is 3. The van der Waals surface area contributed by atoms with Crippen molar-refractivity contribution in [2.24, 2.45) is 17.6 Å². The number of aliphatic carboxylic acids is 3. The molecule has 4 aliphatic heterocycles. The largest absolute Gasteiger partial charge is 0.512 e. The Morgan fingerprint density at radius 2 is 1.18 bits per heavy atom. The Bertz CT molecular complexity index is 3140. The van der Waals surface area contributed by atoms with Crippen molar-refractivity contribution >= 4 is 106 Å². The number of carboxylic acids is 3. The minimum atomic E-state index is -1.69. The second-order valence-electron chi connectivity index (χ2n) is 26.9. The van der Waals surface area contributed by atoms with Crippen LogP contribution in [0.2, 0.25) is 0 Å². The van der Waals surface area contributed by atoms with E-state index in [0.29, 0.717) is 113 Å². The SMILES string of the molecule is C=C(O)CN1CCN(CC(=O)O)CCN(CC(=O)O)CCN(CC(=O)CCCSCc2cc3cc(c2)CSC[C@H](CC(=O)CCCCC)C(=O)N2CCC[C@H]2C(=O)N2CCC[C@H]2C(=O)N[C@@H]([C@@H](C)O)C(=O)N[C@@H](CCC(N)=O)C(=O)N[C@@H](Cc2ccccc2)C(=O)C[C@H](C(=O)O)CSC3)CC1.[Cu]. The van der Waals surface area contributed by atoms with Gasteiger partial charge in [0.1, 0.15) is 35.7 Å². The number of hydrogen-bond acceptors (Lipinski definition) is 21. The summed E-state index contributed by atoms with van der Waals surface area (Å²) in [5, 5.41) is 58.9. The van der Waals surface area contributed by atoms with E-state index in [1.165, 1.54) is 40.2 Å². The van der Waals surface area contributed by atoms with Crippen molar-refractivity contribution in [3.05, 3.63) is 83.1 Å². The second-order valence-corrected chi connectivity index (χ2v) is 30.0. The van der Waals surface area contributed by atoms with Crippen molar-refractivity contribution in [2.75, 3.05) is 109 Å². The first-order valence-corrected chi connectivity index (χ1v) is 38.6. The van der Waals surface area contributed by atoms with Gasteiger partial charge in [-0.15, -0.1) is 0 Å². The molecule has 0 saturated carbocycles. The summed E-state index contributed by atoms with van der Waals surface area (Å²) in [4.78, 5) is 174. The van der Waals surface area contributed by atoms with E-state index in [4.69, 9.17) is 5.73 Å². The fraction of sp³-hybridized carbons (Fsp3) is 0.634. The molecule has 0 aliphatic carbocycles. The maximum absolute atomic E-state index is 15.0. The molecule has 1 radical (unpaired) electrons. The number of carboxylic acid groups (broad SMARTS) is 3. The van der Waals surface area contributed by atoms with Crippen molar-refractivity contribution in [1.29, 1.82) is 0 Å². The molecule has 3 fully saturated rings. The first-order valence-electron chi connectivity index (χ1n) is 35.1. The van der Waals surface area contributed by atoms with E-state index in [2.05, 4.69) is 28.6 Å². The van der Waals surface area contributed by atoms with Gasteiger partial charge < -0.3 is 57.0 Å². The van der Waals surface area contributed by atoms with Gasteiger partial charge in [-0.2, -0.15) is 35.3 Å². The standard InChI is InChI=1S/C71H104N10O17S3.Cu/c1-4-5-7-15-55(84)36-53-45-100-43-51-32-50(42-99-31-12-16-56(85)39-77-25-23-76(38-47(2)82)24-27-78(40-63(88)89)29-30-79(28-26-77)41-64(90)91)33-52(34-51)44-101-46-54(71(97)98)37-61(86)58(35-49-13-8-6-9-14-49)74-66(92)57(19-20-62(72)87)73-68(94)65(48(3)83)75-67(93)59-17-10-21-80(59)70(96)60-18-11-22-81(60)69(53)95;/h6,8-9,13-14,32-34,48,53-54,57-60,65,82-83H,2,4-5,7,10-12,15-31,35-46H2,1,3H3,(H2,72,87)(H,73,94)(H,74,92)(H,75,93)(H,88,89)(H,90,91)(H,97,98);/t48-,53+,54+,57+,58+,59+,60+,65+;/m1./s1. The Morgan fingerprint density at radius 1 is 0.627 bits per heavy atom. The van der Waals surface area contributed by atoms with Crippen LogP contribution in [0.15, 0.2) is 60.9 Å². The monoisotopic (exact) mass is 1530 g/mol. The van der Waals surface area contributed by atoms with E-state index in [1.807, 2.05) is 28.9 Å². The molecule has 3 saturated heterocycles. The molecule has 0 spiro atoms. The van der Waals surface area contributed by atoms with Gasteiger partial charge in [0.05, 0.1) is 55.9 Å². The molecular formula is C71H104CuN10O17S3. The predicted molar refractivity (Wildman–Crippen MR) is 385 cm³/mol. The number of nitrogens with zero attached hydrogens (tertiary/aromatic N) is 6. The zero-order valence-corrected chi connectivity index (χ0v) is 62.0. The Labute approximate surface area is 621 Å². The van der Waals surface area contributed by atoms with Crippen LogP contribution >= 0.6 is 35.3 Å². The number of nitrogens with two attached hydrogens (primary N) is 1. The first-order chi connectivity index (χ1) is 48.3. The first kappa shape index (κ1) is 86.2. The smallest absolute Gasteiger partial charge is 0.317 e. The van der Waals surface area contributed by atoms with Crippen molar-refractivity contribution in [1.82, 2.24) is 45.3 Å². The molecule has 6 rings (SSSR count). The van der Waals surface area contributed by atoms with E-state index in [0.717, 1.165) is 29.5 Å². The third-order valence-corrected chi connectivity index (χ3v) is 21.9. The molecule has 569 valence electrons. The van der Waals surface area contributed by atoms with Gasteiger partial charge in [-0.25, -0.2) is 0 Å². The quantitative estimate of drug-likeness (QED) is 0.0352. The molecule has 2 aromatic rings. The molecule has 31 heteroatoms. The van der Waals surface area contributed by atoms with Crippen LogP contribution in [0.4, 0.5) is 0 Å².